The fraction of sp³-hybridized carbons (Fsp3) is 1.00. The van der Waals surface area contributed by atoms with Crippen LogP contribution in [0.2, 0.25) is 0 Å². The number of halogens is 2. The van der Waals surface area contributed by atoms with Crippen LogP contribution in [-0.4, -0.2) is 30.8 Å². The van der Waals surface area contributed by atoms with Gasteiger partial charge in [0.25, 0.3) is 6.43 Å². The van der Waals surface area contributed by atoms with Gasteiger partial charge in [0.2, 0.25) is 0 Å². The second kappa shape index (κ2) is 8.12. The van der Waals surface area contributed by atoms with Gasteiger partial charge in [0, 0.05) is 6.61 Å². The van der Waals surface area contributed by atoms with Crippen LogP contribution in [0.4, 0.5) is 8.78 Å². The lowest BCUT2D eigenvalue weighted by Gasteiger charge is -2.17. The van der Waals surface area contributed by atoms with Gasteiger partial charge in [-0.15, -0.1) is 0 Å². The minimum absolute atomic E-state index is 0.208. The van der Waals surface area contributed by atoms with Gasteiger partial charge in [-0.05, 0) is 18.8 Å². The molecule has 0 saturated carbocycles. The number of hydrogen-bond donors (Lipinski definition) is 1. The second-order valence-corrected chi connectivity index (χ2v) is 3.59. The zero-order chi connectivity index (χ0) is 11.0. The van der Waals surface area contributed by atoms with E-state index in [1.54, 1.807) is 0 Å². The van der Waals surface area contributed by atoms with Gasteiger partial charge in [-0.2, -0.15) is 0 Å². The van der Waals surface area contributed by atoms with Crippen molar-refractivity contribution in [3.8, 4) is 0 Å². The Morgan fingerprint density at radius 1 is 1.29 bits per heavy atom. The zero-order valence-corrected chi connectivity index (χ0v) is 8.88. The molecule has 0 aromatic rings. The molecule has 0 aromatic heterocycles. The van der Waals surface area contributed by atoms with Crippen molar-refractivity contribution < 1.29 is 18.6 Å². The van der Waals surface area contributed by atoms with Crippen molar-refractivity contribution in [1.29, 1.82) is 0 Å². The first-order valence-electron chi connectivity index (χ1n) is 5.11. The summed E-state index contributed by atoms with van der Waals surface area (Å²) in [6.07, 6.45) is -0.437. The van der Waals surface area contributed by atoms with Crippen molar-refractivity contribution in [2.45, 2.75) is 45.6 Å². The van der Waals surface area contributed by atoms with E-state index in [4.69, 9.17) is 0 Å². The van der Waals surface area contributed by atoms with Crippen molar-refractivity contribution in [3.05, 3.63) is 0 Å². The molecule has 0 amide bonds. The summed E-state index contributed by atoms with van der Waals surface area (Å²) in [5.41, 5.74) is 0. The first-order chi connectivity index (χ1) is 6.57. The van der Waals surface area contributed by atoms with Gasteiger partial charge in [0.15, 0.2) is 0 Å². The van der Waals surface area contributed by atoms with Crippen LogP contribution >= 0.6 is 0 Å². The fourth-order valence-corrected chi connectivity index (χ4v) is 1.31. The van der Waals surface area contributed by atoms with Crippen LogP contribution in [0.5, 0.6) is 0 Å². The minimum atomic E-state index is -2.42. The van der Waals surface area contributed by atoms with Crippen LogP contribution in [0.15, 0.2) is 0 Å². The number of hydrogen-bond acceptors (Lipinski definition) is 2. The number of aliphatic hydroxyl groups excluding tert-OH is 1. The maximum Gasteiger partial charge on any atom is 0.261 e. The van der Waals surface area contributed by atoms with Gasteiger partial charge in [-0.1, -0.05) is 20.3 Å². The standard InChI is InChI=1S/C10H20F2O2/c1-3-4-8(2)9(13)5-6-14-7-10(11)12/h8-10,13H,3-7H2,1-2H3. The molecule has 86 valence electrons. The lowest BCUT2D eigenvalue weighted by molar-refractivity contribution is -0.00210. The molecule has 2 atom stereocenters. The van der Waals surface area contributed by atoms with Crippen LogP contribution in [0.25, 0.3) is 0 Å². The van der Waals surface area contributed by atoms with E-state index in [0.29, 0.717) is 6.42 Å². The highest BCUT2D eigenvalue weighted by Crippen LogP contribution is 2.13. The van der Waals surface area contributed by atoms with Gasteiger partial charge in [0.05, 0.1) is 6.10 Å². The first kappa shape index (κ1) is 13.8. The molecule has 0 saturated heterocycles. The van der Waals surface area contributed by atoms with Crippen LogP contribution in [0.1, 0.15) is 33.1 Å². The van der Waals surface area contributed by atoms with Crippen molar-refractivity contribution in [2.75, 3.05) is 13.2 Å². The van der Waals surface area contributed by atoms with E-state index in [0.717, 1.165) is 12.8 Å². The lowest BCUT2D eigenvalue weighted by atomic mass is 9.97. The van der Waals surface area contributed by atoms with Crippen LogP contribution in [0.3, 0.4) is 0 Å². The predicted octanol–water partition coefficient (Wildman–Crippen LogP) is 2.46. The summed E-state index contributed by atoms with van der Waals surface area (Å²) >= 11 is 0. The summed E-state index contributed by atoms with van der Waals surface area (Å²) in [7, 11) is 0. The molecule has 0 aromatic carbocycles. The Morgan fingerprint density at radius 2 is 1.93 bits per heavy atom. The fourth-order valence-electron chi connectivity index (χ4n) is 1.31. The third kappa shape index (κ3) is 7.21. The molecule has 0 heterocycles. The number of ether oxygens (including phenoxy) is 1. The SMILES string of the molecule is CCCC(C)C(O)CCOCC(F)F. The molecule has 0 aliphatic rings. The van der Waals surface area contributed by atoms with Gasteiger partial charge in [-0.25, -0.2) is 8.78 Å². The largest absolute Gasteiger partial charge is 0.393 e. The molecule has 0 spiro atoms. The Labute approximate surface area is 84.3 Å². The quantitative estimate of drug-likeness (QED) is 0.623. The third-order valence-corrected chi connectivity index (χ3v) is 2.20. The predicted molar refractivity (Wildman–Crippen MR) is 51.5 cm³/mol. The second-order valence-electron chi connectivity index (χ2n) is 3.59. The molecule has 0 radical (unpaired) electrons. The van der Waals surface area contributed by atoms with E-state index >= 15 is 0 Å². The molecule has 0 fully saturated rings. The van der Waals surface area contributed by atoms with Crippen molar-refractivity contribution in [2.24, 2.45) is 5.92 Å². The minimum Gasteiger partial charge on any atom is -0.393 e. The Bertz CT molecular complexity index is 131. The Morgan fingerprint density at radius 3 is 2.43 bits per heavy atom. The molecular weight excluding hydrogens is 190 g/mol. The summed E-state index contributed by atoms with van der Waals surface area (Å²) in [4.78, 5) is 0. The molecule has 1 N–H and O–H groups in total. The number of alkyl halides is 2. The van der Waals surface area contributed by atoms with Crippen LogP contribution in [0, 0.1) is 5.92 Å². The van der Waals surface area contributed by atoms with Crippen LogP contribution in [-0.2, 0) is 4.74 Å². The number of aliphatic hydroxyl groups is 1. The van der Waals surface area contributed by atoms with Gasteiger partial charge < -0.3 is 9.84 Å². The van der Waals surface area contributed by atoms with E-state index in [1.165, 1.54) is 0 Å². The molecule has 14 heavy (non-hydrogen) atoms. The van der Waals surface area contributed by atoms with E-state index in [-0.39, 0.29) is 12.5 Å². The van der Waals surface area contributed by atoms with Gasteiger partial charge >= 0.3 is 0 Å². The van der Waals surface area contributed by atoms with E-state index in [9.17, 15) is 13.9 Å². The average Bonchev–Trinajstić information content (AvgIpc) is 2.12. The Hall–Kier alpha value is -0.220. The first-order valence-corrected chi connectivity index (χ1v) is 5.11. The highest BCUT2D eigenvalue weighted by Gasteiger charge is 2.13. The molecular formula is C10H20F2O2. The highest BCUT2D eigenvalue weighted by molar-refractivity contribution is 4.63. The van der Waals surface area contributed by atoms with Crippen molar-refractivity contribution in [3.63, 3.8) is 0 Å². The maximum absolute atomic E-state index is 11.7. The van der Waals surface area contributed by atoms with Gasteiger partial charge in [0.1, 0.15) is 6.61 Å². The molecule has 4 heteroatoms. The highest BCUT2D eigenvalue weighted by atomic mass is 19.3. The average molecular weight is 210 g/mol. The van der Waals surface area contributed by atoms with Crippen molar-refractivity contribution in [1.82, 2.24) is 0 Å². The smallest absolute Gasteiger partial charge is 0.261 e. The van der Waals surface area contributed by atoms with E-state index in [1.807, 2.05) is 6.92 Å². The van der Waals surface area contributed by atoms with E-state index < -0.39 is 19.1 Å². The monoisotopic (exact) mass is 210 g/mol. The normalized spacial score (nSPS) is 15.9. The zero-order valence-electron chi connectivity index (χ0n) is 8.88. The molecule has 2 nitrogen and oxygen atoms in total. The van der Waals surface area contributed by atoms with Crippen LogP contribution < -0.4 is 0 Å². The maximum atomic E-state index is 11.7. The lowest BCUT2D eigenvalue weighted by Crippen LogP contribution is -2.20. The summed E-state index contributed by atoms with van der Waals surface area (Å²) in [5.74, 6) is 0.218. The summed E-state index contributed by atoms with van der Waals surface area (Å²) in [5, 5.41) is 9.55. The van der Waals surface area contributed by atoms with Crippen molar-refractivity contribution >= 4 is 0 Å². The molecule has 0 aliphatic carbocycles. The number of rotatable bonds is 8. The molecule has 0 bridgehead atoms. The summed E-state index contributed by atoms with van der Waals surface area (Å²) < 4.78 is 28.0. The summed E-state index contributed by atoms with van der Waals surface area (Å²) in [6, 6.07) is 0. The molecule has 0 aliphatic heterocycles. The summed E-state index contributed by atoms with van der Waals surface area (Å²) in [6.45, 7) is 3.69. The third-order valence-electron chi connectivity index (χ3n) is 2.20. The topological polar surface area (TPSA) is 29.5 Å². The Kier molecular flexibility index (Phi) is 7.99. The molecule has 0 rings (SSSR count). The van der Waals surface area contributed by atoms with E-state index in [2.05, 4.69) is 11.7 Å². The molecule has 2 unspecified atom stereocenters. The van der Waals surface area contributed by atoms with Gasteiger partial charge in [-0.3, -0.25) is 0 Å². The Balaban J connectivity index is 3.38.